The van der Waals surface area contributed by atoms with Gasteiger partial charge in [-0.05, 0) is 24.8 Å². The summed E-state index contributed by atoms with van der Waals surface area (Å²) in [5.41, 5.74) is 8.24. The molecule has 0 amide bonds. The van der Waals surface area contributed by atoms with Crippen LogP contribution in [0.5, 0.6) is 0 Å². The fourth-order valence-corrected chi connectivity index (χ4v) is 2.56. The minimum Gasteiger partial charge on any atom is -0.392 e. The molecule has 17 heavy (non-hydrogen) atoms. The number of aliphatic hydroxyl groups is 1. The molecule has 2 unspecified atom stereocenters. The van der Waals surface area contributed by atoms with Crippen LogP contribution in [-0.4, -0.2) is 17.8 Å². The first-order valence-corrected chi connectivity index (χ1v) is 6.65. The van der Waals surface area contributed by atoms with Gasteiger partial charge in [-0.1, -0.05) is 49.1 Å². The van der Waals surface area contributed by atoms with Crippen molar-refractivity contribution in [3.05, 3.63) is 35.4 Å². The molecule has 1 saturated carbocycles. The highest BCUT2D eigenvalue weighted by Gasteiger charge is 2.26. The molecule has 0 aliphatic heterocycles. The molecule has 1 aromatic carbocycles. The van der Waals surface area contributed by atoms with Crippen LogP contribution < -0.4 is 5.73 Å². The molecule has 1 aliphatic carbocycles. The van der Waals surface area contributed by atoms with E-state index in [0.717, 1.165) is 12.3 Å². The van der Waals surface area contributed by atoms with E-state index < -0.39 is 0 Å². The Morgan fingerprint density at radius 1 is 1.29 bits per heavy atom. The lowest BCUT2D eigenvalue weighted by Crippen LogP contribution is -2.29. The van der Waals surface area contributed by atoms with Crippen LogP contribution in [0.2, 0.25) is 0 Å². The van der Waals surface area contributed by atoms with Crippen LogP contribution in [0.3, 0.4) is 0 Å². The van der Waals surface area contributed by atoms with Crippen molar-refractivity contribution in [2.75, 3.05) is 6.54 Å². The SMILES string of the molecule is Cc1ccc(C(CN)C(O)CC2CCC2)cc1. The molecule has 2 rings (SSSR count). The third kappa shape index (κ3) is 3.08. The molecular formula is C15H23NO. The van der Waals surface area contributed by atoms with Crippen molar-refractivity contribution in [3.8, 4) is 0 Å². The second-order valence-electron chi connectivity index (χ2n) is 5.35. The van der Waals surface area contributed by atoms with Gasteiger partial charge in [-0.15, -0.1) is 0 Å². The number of hydrogen-bond acceptors (Lipinski definition) is 2. The minimum absolute atomic E-state index is 0.0937. The predicted molar refractivity (Wildman–Crippen MR) is 70.9 cm³/mol. The number of nitrogens with two attached hydrogens (primary N) is 1. The Morgan fingerprint density at radius 2 is 1.94 bits per heavy atom. The van der Waals surface area contributed by atoms with E-state index in [1.54, 1.807) is 0 Å². The number of benzene rings is 1. The van der Waals surface area contributed by atoms with Crippen molar-refractivity contribution in [2.45, 2.75) is 44.6 Å². The number of rotatable bonds is 5. The summed E-state index contributed by atoms with van der Waals surface area (Å²) in [4.78, 5) is 0. The average Bonchev–Trinajstić information content (AvgIpc) is 2.27. The van der Waals surface area contributed by atoms with Crippen molar-refractivity contribution in [3.63, 3.8) is 0 Å². The molecule has 2 heteroatoms. The van der Waals surface area contributed by atoms with Crippen LogP contribution in [-0.2, 0) is 0 Å². The summed E-state index contributed by atoms with van der Waals surface area (Å²) in [6.07, 6.45) is 4.52. The van der Waals surface area contributed by atoms with Gasteiger partial charge in [0.05, 0.1) is 6.10 Å². The Morgan fingerprint density at radius 3 is 2.41 bits per heavy atom. The largest absolute Gasteiger partial charge is 0.392 e. The van der Waals surface area contributed by atoms with Crippen molar-refractivity contribution < 1.29 is 5.11 Å². The maximum atomic E-state index is 10.3. The second kappa shape index (κ2) is 5.65. The van der Waals surface area contributed by atoms with Gasteiger partial charge in [0, 0.05) is 12.5 Å². The van der Waals surface area contributed by atoms with Crippen LogP contribution in [0.25, 0.3) is 0 Å². The Hall–Kier alpha value is -0.860. The Kier molecular flexibility index (Phi) is 4.19. The van der Waals surface area contributed by atoms with E-state index in [4.69, 9.17) is 5.73 Å². The topological polar surface area (TPSA) is 46.2 Å². The molecule has 0 bridgehead atoms. The van der Waals surface area contributed by atoms with E-state index in [1.165, 1.54) is 30.4 Å². The van der Waals surface area contributed by atoms with E-state index in [0.29, 0.717) is 6.54 Å². The Bertz CT molecular complexity index is 342. The molecule has 94 valence electrons. The standard InChI is InChI=1S/C15H23NO/c1-11-5-7-13(8-6-11)14(10-16)15(17)9-12-3-2-4-12/h5-8,12,14-15,17H,2-4,9-10,16H2,1H3. The highest BCUT2D eigenvalue weighted by molar-refractivity contribution is 5.25. The average molecular weight is 233 g/mol. The Labute approximate surface area is 104 Å². The summed E-state index contributed by atoms with van der Waals surface area (Å²) in [6, 6.07) is 8.37. The fraction of sp³-hybridized carbons (Fsp3) is 0.600. The van der Waals surface area contributed by atoms with Gasteiger partial charge in [-0.3, -0.25) is 0 Å². The number of aryl methyl sites for hydroxylation is 1. The van der Waals surface area contributed by atoms with E-state index in [2.05, 4.69) is 31.2 Å². The zero-order valence-corrected chi connectivity index (χ0v) is 10.6. The molecule has 1 aromatic rings. The smallest absolute Gasteiger partial charge is 0.0623 e. The van der Waals surface area contributed by atoms with Gasteiger partial charge >= 0.3 is 0 Å². The van der Waals surface area contributed by atoms with Gasteiger partial charge in [-0.2, -0.15) is 0 Å². The first-order valence-electron chi connectivity index (χ1n) is 6.65. The molecule has 2 nitrogen and oxygen atoms in total. The van der Waals surface area contributed by atoms with Gasteiger partial charge in [0.15, 0.2) is 0 Å². The van der Waals surface area contributed by atoms with Crippen LogP contribution in [0.4, 0.5) is 0 Å². The predicted octanol–water partition coefficient (Wildman–Crippen LogP) is 2.59. The summed E-state index contributed by atoms with van der Waals surface area (Å²) >= 11 is 0. The summed E-state index contributed by atoms with van der Waals surface area (Å²) in [5.74, 6) is 0.820. The second-order valence-corrected chi connectivity index (χ2v) is 5.35. The van der Waals surface area contributed by atoms with Crippen molar-refractivity contribution in [1.29, 1.82) is 0 Å². The zero-order chi connectivity index (χ0) is 12.3. The van der Waals surface area contributed by atoms with Crippen molar-refractivity contribution in [1.82, 2.24) is 0 Å². The monoisotopic (exact) mass is 233 g/mol. The van der Waals surface area contributed by atoms with E-state index in [9.17, 15) is 5.11 Å². The molecule has 0 saturated heterocycles. The summed E-state index contributed by atoms with van der Waals surface area (Å²) < 4.78 is 0. The molecule has 1 aliphatic rings. The maximum absolute atomic E-state index is 10.3. The number of aliphatic hydroxyl groups excluding tert-OH is 1. The zero-order valence-electron chi connectivity index (χ0n) is 10.6. The normalized spacial score (nSPS) is 19.7. The van der Waals surface area contributed by atoms with E-state index >= 15 is 0 Å². The first-order chi connectivity index (χ1) is 8.20. The van der Waals surface area contributed by atoms with Gasteiger partial charge in [0.25, 0.3) is 0 Å². The quantitative estimate of drug-likeness (QED) is 0.821. The third-order valence-corrected chi connectivity index (χ3v) is 4.02. The van der Waals surface area contributed by atoms with Crippen LogP contribution in [0, 0.1) is 12.8 Å². The van der Waals surface area contributed by atoms with Gasteiger partial charge in [-0.25, -0.2) is 0 Å². The fourth-order valence-electron chi connectivity index (χ4n) is 2.56. The van der Waals surface area contributed by atoms with Gasteiger partial charge < -0.3 is 10.8 Å². The summed E-state index contributed by atoms with van der Waals surface area (Å²) in [5, 5.41) is 10.3. The third-order valence-electron chi connectivity index (χ3n) is 4.02. The minimum atomic E-state index is -0.284. The maximum Gasteiger partial charge on any atom is 0.0623 e. The van der Waals surface area contributed by atoms with Crippen LogP contribution in [0.15, 0.2) is 24.3 Å². The lowest BCUT2D eigenvalue weighted by Gasteiger charge is -2.31. The number of hydrogen-bond donors (Lipinski definition) is 2. The highest BCUT2D eigenvalue weighted by Crippen LogP contribution is 2.33. The molecule has 1 fully saturated rings. The molecule has 3 N–H and O–H groups in total. The summed E-state index contributed by atoms with van der Waals surface area (Å²) in [6.45, 7) is 2.60. The van der Waals surface area contributed by atoms with Crippen LogP contribution in [0.1, 0.15) is 42.7 Å². The molecule has 2 atom stereocenters. The highest BCUT2D eigenvalue weighted by atomic mass is 16.3. The van der Waals surface area contributed by atoms with Crippen LogP contribution >= 0.6 is 0 Å². The van der Waals surface area contributed by atoms with E-state index in [-0.39, 0.29) is 12.0 Å². The molecule has 0 spiro atoms. The van der Waals surface area contributed by atoms with E-state index in [1.807, 2.05) is 0 Å². The lowest BCUT2D eigenvalue weighted by molar-refractivity contribution is 0.0951. The van der Waals surface area contributed by atoms with Crippen molar-refractivity contribution in [2.24, 2.45) is 11.7 Å². The van der Waals surface area contributed by atoms with Gasteiger partial charge in [0.2, 0.25) is 0 Å². The first kappa shape index (κ1) is 12.6. The Balaban J connectivity index is 2.00. The lowest BCUT2D eigenvalue weighted by atomic mass is 9.78. The summed E-state index contributed by atoms with van der Waals surface area (Å²) in [7, 11) is 0. The van der Waals surface area contributed by atoms with Gasteiger partial charge in [0.1, 0.15) is 0 Å². The molecule has 0 radical (unpaired) electrons. The molecule has 0 heterocycles. The van der Waals surface area contributed by atoms with Crippen molar-refractivity contribution >= 4 is 0 Å². The molecule has 0 aromatic heterocycles. The molecular weight excluding hydrogens is 210 g/mol.